The number of amides is 1. The van der Waals surface area contributed by atoms with Gasteiger partial charge in [-0.25, -0.2) is 0 Å². The maximum absolute atomic E-state index is 11.8. The smallest absolute Gasteiger partial charge is 0.252 e. The second kappa shape index (κ2) is 7.19. The second-order valence-electron chi connectivity index (χ2n) is 4.20. The first-order chi connectivity index (χ1) is 8.52. The van der Waals surface area contributed by atoms with Gasteiger partial charge < -0.3 is 10.1 Å². The van der Waals surface area contributed by atoms with E-state index in [0.717, 1.165) is 11.1 Å². The Bertz CT molecular complexity index is 443. The molecule has 0 aliphatic heterocycles. The molecule has 3 nitrogen and oxygen atoms in total. The molecular formula is C14H18ClNO2. The molecule has 0 aliphatic rings. The number of halogens is 1. The van der Waals surface area contributed by atoms with Crippen molar-refractivity contribution in [3.05, 3.63) is 46.5 Å². The molecule has 98 valence electrons. The standard InChI is InChI=1S/C14H18ClNO2/c1-10(2)9-18-8-7-16-14(17)12-6-4-5-11(3)13(12)15/h4-6H,1,7-9H2,2-3H3,(H,16,17). The van der Waals surface area contributed by atoms with Gasteiger partial charge in [-0.2, -0.15) is 0 Å². The van der Waals surface area contributed by atoms with Crippen molar-refractivity contribution in [2.24, 2.45) is 0 Å². The third-order valence-electron chi connectivity index (χ3n) is 2.32. The Morgan fingerprint density at radius 2 is 2.22 bits per heavy atom. The zero-order valence-corrected chi connectivity index (χ0v) is 11.5. The summed E-state index contributed by atoms with van der Waals surface area (Å²) >= 11 is 6.07. The van der Waals surface area contributed by atoms with Gasteiger partial charge in [-0.1, -0.05) is 35.9 Å². The third kappa shape index (κ3) is 4.51. The van der Waals surface area contributed by atoms with Crippen LogP contribution in [-0.4, -0.2) is 25.7 Å². The van der Waals surface area contributed by atoms with Gasteiger partial charge in [0, 0.05) is 6.54 Å². The lowest BCUT2D eigenvalue weighted by Gasteiger charge is -2.08. The first kappa shape index (κ1) is 14.7. The van der Waals surface area contributed by atoms with Gasteiger partial charge in [0.15, 0.2) is 0 Å². The lowest BCUT2D eigenvalue weighted by atomic mass is 10.1. The zero-order valence-electron chi connectivity index (χ0n) is 10.8. The minimum absolute atomic E-state index is 0.178. The Balaban J connectivity index is 2.41. The zero-order chi connectivity index (χ0) is 13.5. The van der Waals surface area contributed by atoms with Crippen LogP contribution < -0.4 is 5.32 Å². The number of carbonyl (C=O) groups is 1. The molecule has 0 radical (unpaired) electrons. The predicted molar refractivity (Wildman–Crippen MR) is 74.2 cm³/mol. The Kier molecular flexibility index (Phi) is 5.89. The molecule has 0 saturated carbocycles. The molecule has 0 aliphatic carbocycles. The van der Waals surface area contributed by atoms with Gasteiger partial charge in [0.25, 0.3) is 5.91 Å². The lowest BCUT2D eigenvalue weighted by Crippen LogP contribution is -2.27. The molecule has 1 aromatic rings. The van der Waals surface area contributed by atoms with Gasteiger partial charge in [0.05, 0.1) is 23.8 Å². The summed E-state index contributed by atoms with van der Waals surface area (Å²) in [7, 11) is 0. The lowest BCUT2D eigenvalue weighted by molar-refractivity contribution is 0.0927. The molecule has 0 fully saturated rings. The van der Waals surface area contributed by atoms with Crippen LogP contribution in [0, 0.1) is 6.92 Å². The molecule has 0 saturated heterocycles. The third-order valence-corrected chi connectivity index (χ3v) is 2.82. The number of nitrogens with one attached hydrogen (secondary N) is 1. The van der Waals surface area contributed by atoms with E-state index in [4.69, 9.17) is 16.3 Å². The Morgan fingerprint density at radius 3 is 2.89 bits per heavy atom. The van der Waals surface area contributed by atoms with Gasteiger partial charge in [-0.05, 0) is 25.5 Å². The first-order valence-corrected chi connectivity index (χ1v) is 6.15. The van der Waals surface area contributed by atoms with Crippen molar-refractivity contribution in [2.75, 3.05) is 19.8 Å². The van der Waals surface area contributed by atoms with Gasteiger partial charge in [-0.15, -0.1) is 0 Å². The molecule has 18 heavy (non-hydrogen) atoms. The van der Waals surface area contributed by atoms with Crippen molar-refractivity contribution in [3.8, 4) is 0 Å². The van der Waals surface area contributed by atoms with Crippen molar-refractivity contribution in [2.45, 2.75) is 13.8 Å². The van der Waals surface area contributed by atoms with Crippen molar-refractivity contribution in [1.29, 1.82) is 0 Å². The molecule has 4 heteroatoms. The van der Waals surface area contributed by atoms with Crippen molar-refractivity contribution in [1.82, 2.24) is 5.32 Å². The maximum atomic E-state index is 11.8. The van der Waals surface area contributed by atoms with Gasteiger partial charge >= 0.3 is 0 Å². The van der Waals surface area contributed by atoms with Crippen LogP contribution in [0.1, 0.15) is 22.8 Å². The van der Waals surface area contributed by atoms with E-state index in [2.05, 4.69) is 11.9 Å². The molecule has 1 rings (SSSR count). The summed E-state index contributed by atoms with van der Waals surface area (Å²) in [4.78, 5) is 11.8. The van der Waals surface area contributed by atoms with E-state index in [0.29, 0.717) is 30.3 Å². The maximum Gasteiger partial charge on any atom is 0.252 e. The van der Waals surface area contributed by atoms with E-state index >= 15 is 0 Å². The highest BCUT2D eigenvalue weighted by molar-refractivity contribution is 6.34. The summed E-state index contributed by atoms with van der Waals surface area (Å²) in [5, 5.41) is 3.26. The highest BCUT2D eigenvalue weighted by Crippen LogP contribution is 2.19. The molecule has 1 N–H and O–H groups in total. The van der Waals surface area contributed by atoms with Gasteiger partial charge in [-0.3, -0.25) is 4.79 Å². The van der Waals surface area contributed by atoms with Crippen molar-refractivity contribution in [3.63, 3.8) is 0 Å². The molecule has 0 heterocycles. The number of hydrogen-bond acceptors (Lipinski definition) is 2. The average molecular weight is 268 g/mol. The first-order valence-electron chi connectivity index (χ1n) is 5.78. The Hall–Kier alpha value is -1.32. The van der Waals surface area contributed by atoms with E-state index in [9.17, 15) is 4.79 Å². The van der Waals surface area contributed by atoms with Crippen LogP contribution in [0.25, 0.3) is 0 Å². The molecule has 0 aromatic heterocycles. The van der Waals surface area contributed by atoms with Gasteiger partial charge in [0.2, 0.25) is 0 Å². The summed E-state index contributed by atoms with van der Waals surface area (Å²) in [6, 6.07) is 5.39. The summed E-state index contributed by atoms with van der Waals surface area (Å²) in [6.45, 7) is 8.92. The van der Waals surface area contributed by atoms with E-state index in [-0.39, 0.29) is 5.91 Å². The van der Waals surface area contributed by atoms with Crippen LogP contribution in [0.2, 0.25) is 5.02 Å². The second-order valence-corrected chi connectivity index (χ2v) is 4.58. The van der Waals surface area contributed by atoms with Crippen LogP contribution >= 0.6 is 11.6 Å². The highest BCUT2D eigenvalue weighted by Gasteiger charge is 2.10. The van der Waals surface area contributed by atoms with Crippen LogP contribution in [0.5, 0.6) is 0 Å². The summed E-state index contributed by atoms with van der Waals surface area (Å²) in [6.07, 6.45) is 0. The van der Waals surface area contributed by atoms with Crippen LogP contribution in [0.3, 0.4) is 0 Å². The minimum atomic E-state index is -0.178. The number of aryl methyl sites for hydroxylation is 1. The van der Waals surface area contributed by atoms with E-state index in [1.54, 1.807) is 6.07 Å². The average Bonchev–Trinajstić information content (AvgIpc) is 2.31. The molecule has 1 amide bonds. The predicted octanol–water partition coefficient (Wildman–Crippen LogP) is 2.97. The van der Waals surface area contributed by atoms with Crippen LogP contribution in [0.4, 0.5) is 0 Å². The largest absolute Gasteiger partial charge is 0.375 e. The normalized spacial score (nSPS) is 10.2. The molecule has 0 spiro atoms. The van der Waals surface area contributed by atoms with Crippen LogP contribution in [0.15, 0.2) is 30.4 Å². The monoisotopic (exact) mass is 267 g/mol. The Labute approximate surface area is 113 Å². The van der Waals surface area contributed by atoms with E-state index in [1.807, 2.05) is 26.0 Å². The molecular weight excluding hydrogens is 250 g/mol. The van der Waals surface area contributed by atoms with Gasteiger partial charge in [0.1, 0.15) is 0 Å². The van der Waals surface area contributed by atoms with E-state index in [1.165, 1.54) is 0 Å². The number of carbonyl (C=O) groups excluding carboxylic acids is 1. The quantitative estimate of drug-likeness (QED) is 0.636. The van der Waals surface area contributed by atoms with E-state index < -0.39 is 0 Å². The number of ether oxygens (including phenoxy) is 1. The molecule has 0 bridgehead atoms. The summed E-state index contributed by atoms with van der Waals surface area (Å²) in [5.74, 6) is -0.178. The fraction of sp³-hybridized carbons (Fsp3) is 0.357. The Morgan fingerprint density at radius 1 is 1.50 bits per heavy atom. The number of benzene rings is 1. The topological polar surface area (TPSA) is 38.3 Å². The molecule has 1 aromatic carbocycles. The highest BCUT2D eigenvalue weighted by atomic mass is 35.5. The minimum Gasteiger partial charge on any atom is -0.375 e. The SMILES string of the molecule is C=C(C)COCCNC(=O)c1cccc(C)c1Cl. The number of hydrogen-bond donors (Lipinski definition) is 1. The summed E-state index contributed by atoms with van der Waals surface area (Å²) in [5.41, 5.74) is 2.35. The fourth-order valence-corrected chi connectivity index (χ4v) is 1.61. The molecule has 0 atom stereocenters. The van der Waals surface area contributed by atoms with Crippen molar-refractivity contribution < 1.29 is 9.53 Å². The fourth-order valence-electron chi connectivity index (χ4n) is 1.40. The molecule has 0 unspecified atom stereocenters. The van der Waals surface area contributed by atoms with Crippen LogP contribution in [-0.2, 0) is 4.74 Å². The van der Waals surface area contributed by atoms with Crippen molar-refractivity contribution >= 4 is 17.5 Å². The number of rotatable bonds is 6. The summed E-state index contributed by atoms with van der Waals surface area (Å²) < 4.78 is 5.29.